The Kier molecular flexibility index (Phi) is 5.41. The molecule has 1 atom stereocenters. The van der Waals surface area contributed by atoms with E-state index < -0.39 is 6.10 Å². The standard InChI is InChI=1S/C13H22N2O2/c1-10(2)15(8-13(17)9-16)12-5-3-11(7-14)4-6-12/h3-6,10,13,16-17H,7-9,14H2,1-2H3. The third-order valence-electron chi connectivity index (χ3n) is 2.75. The van der Waals surface area contributed by atoms with Crippen LogP contribution < -0.4 is 10.6 Å². The number of anilines is 1. The number of hydrogen-bond donors (Lipinski definition) is 3. The molecule has 1 aromatic carbocycles. The molecule has 1 rings (SSSR count). The molecule has 0 saturated carbocycles. The largest absolute Gasteiger partial charge is 0.394 e. The molecule has 0 heterocycles. The lowest BCUT2D eigenvalue weighted by Gasteiger charge is -2.30. The van der Waals surface area contributed by atoms with E-state index in [0.29, 0.717) is 13.1 Å². The Morgan fingerprint density at radius 1 is 1.24 bits per heavy atom. The van der Waals surface area contributed by atoms with Gasteiger partial charge in [-0.1, -0.05) is 12.1 Å². The van der Waals surface area contributed by atoms with Crippen molar-refractivity contribution in [1.29, 1.82) is 0 Å². The van der Waals surface area contributed by atoms with Crippen LogP contribution in [0.5, 0.6) is 0 Å². The summed E-state index contributed by atoms with van der Waals surface area (Å²) in [7, 11) is 0. The number of nitrogens with zero attached hydrogens (tertiary/aromatic N) is 1. The van der Waals surface area contributed by atoms with Crippen LogP contribution in [-0.4, -0.2) is 35.5 Å². The first-order valence-corrected chi connectivity index (χ1v) is 5.93. The van der Waals surface area contributed by atoms with Crippen LogP contribution in [0.2, 0.25) is 0 Å². The Bertz CT molecular complexity index is 325. The monoisotopic (exact) mass is 238 g/mol. The van der Waals surface area contributed by atoms with E-state index in [1.165, 1.54) is 0 Å². The normalized spacial score (nSPS) is 12.8. The Morgan fingerprint density at radius 3 is 2.24 bits per heavy atom. The van der Waals surface area contributed by atoms with E-state index in [1.54, 1.807) is 0 Å². The topological polar surface area (TPSA) is 69.7 Å². The number of aliphatic hydroxyl groups is 2. The molecule has 0 spiro atoms. The molecule has 0 fully saturated rings. The van der Waals surface area contributed by atoms with Gasteiger partial charge in [-0.3, -0.25) is 0 Å². The Morgan fingerprint density at radius 2 is 1.82 bits per heavy atom. The molecule has 0 aliphatic carbocycles. The third-order valence-corrected chi connectivity index (χ3v) is 2.75. The molecule has 4 heteroatoms. The zero-order chi connectivity index (χ0) is 12.8. The van der Waals surface area contributed by atoms with Crippen molar-refractivity contribution in [3.05, 3.63) is 29.8 Å². The average molecular weight is 238 g/mol. The van der Waals surface area contributed by atoms with E-state index in [2.05, 4.69) is 18.7 Å². The van der Waals surface area contributed by atoms with Crippen LogP contribution in [0.15, 0.2) is 24.3 Å². The minimum Gasteiger partial charge on any atom is -0.394 e. The van der Waals surface area contributed by atoms with Gasteiger partial charge >= 0.3 is 0 Å². The number of nitrogens with two attached hydrogens (primary N) is 1. The van der Waals surface area contributed by atoms with Gasteiger partial charge in [0.05, 0.1) is 12.7 Å². The minimum atomic E-state index is -0.716. The zero-order valence-corrected chi connectivity index (χ0v) is 10.5. The molecule has 4 nitrogen and oxygen atoms in total. The molecule has 0 amide bonds. The molecule has 0 bridgehead atoms. The van der Waals surface area contributed by atoms with E-state index in [9.17, 15) is 5.11 Å². The van der Waals surface area contributed by atoms with Gasteiger partial charge < -0.3 is 20.8 Å². The molecule has 0 aliphatic rings. The van der Waals surface area contributed by atoms with Gasteiger partial charge in [0.15, 0.2) is 0 Å². The van der Waals surface area contributed by atoms with Gasteiger partial charge in [-0.25, -0.2) is 0 Å². The fourth-order valence-corrected chi connectivity index (χ4v) is 1.72. The summed E-state index contributed by atoms with van der Waals surface area (Å²) in [6.45, 7) is 4.85. The maximum absolute atomic E-state index is 9.53. The van der Waals surface area contributed by atoms with Gasteiger partial charge in [0.25, 0.3) is 0 Å². The molecular formula is C13H22N2O2. The van der Waals surface area contributed by atoms with Gasteiger partial charge in [-0.2, -0.15) is 0 Å². The first-order chi connectivity index (χ1) is 8.08. The van der Waals surface area contributed by atoms with Crippen molar-refractivity contribution in [2.24, 2.45) is 5.73 Å². The van der Waals surface area contributed by atoms with Crippen molar-refractivity contribution in [2.75, 3.05) is 18.1 Å². The highest BCUT2D eigenvalue weighted by atomic mass is 16.3. The van der Waals surface area contributed by atoms with Crippen molar-refractivity contribution >= 4 is 5.69 Å². The third kappa shape index (κ3) is 4.00. The first-order valence-electron chi connectivity index (χ1n) is 5.93. The minimum absolute atomic E-state index is 0.218. The number of benzene rings is 1. The zero-order valence-electron chi connectivity index (χ0n) is 10.5. The van der Waals surface area contributed by atoms with Crippen LogP contribution in [0, 0.1) is 0 Å². The molecule has 1 aromatic rings. The second-order valence-electron chi connectivity index (χ2n) is 4.45. The van der Waals surface area contributed by atoms with E-state index in [1.807, 2.05) is 24.3 Å². The van der Waals surface area contributed by atoms with E-state index in [4.69, 9.17) is 10.8 Å². The molecule has 0 radical (unpaired) electrons. The van der Waals surface area contributed by atoms with Crippen LogP contribution in [0.25, 0.3) is 0 Å². The maximum atomic E-state index is 9.53. The summed E-state index contributed by atoms with van der Waals surface area (Å²) in [6.07, 6.45) is -0.716. The quantitative estimate of drug-likeness (QED) is 0.683. The molecule has 1 unspecified atom stereocenters. The highest BCUT2D eigenvalue weighted by Crippen LogP contribution is 2.18. The number of hydrogen-bond acceptors (Lipinski definition) is 4. The molecule has 0 aliphatic heterocycles. The molecular weight excluding hydrogens is 216 g/mol. The van der Waals surface area contributed by atoms with Crippen LogP contribution in [-0.2, 0) is 6.54 Å². The fraction of sp³-hybridized carbons (Fsp3) is 0.538. The van der Waals surface area contributed by atoms with Gasteiger partial charge in [0.1, 0.15) is 0 Å². The first kappa shape index (κ1) is 14.0. The molecule has 96 valence electrons. The number of rotatable bonds is 6. The fourth-order valence-electron chi connectivity index (χ4n) is 1.72. The average Bonchev–Trinajstić information content (AvgIpc) is 2.35. The van der Waals surface area contributed by atoms with E-state index in [-0.39, 0.29) is 12.6 Å². The van der Waals surface area contributed by atoms with Crippen molar-refractivity contribution in [3.8, 4) is 0 Å². The number of aliphatic hydroxyl groups excluding tert-OH is 2. The summed E-state index contributed by atoms with van der Waals surface area (Å²) in [5.41, 5.74) is 7.67. The predicted octanol–water partition coefficient (Wildman–Crippen LogP) is 0.713. The van der Waals surface area contributed by atoms with Crippen molar-refractivity contribution in [3.63, 3.8) is 0 Å². The van der Waals surface area contributed by atoms with Crippen LogP contribution in [0.1, 0.15) is 19.4 Å². The summed E-state index contributed by atoms with van der Waals surface area (Å²) in [5, 5.41) is 18.4. The summed E-state index contributed by atoms with van der Waals surface area (Å²) in [4.78, 5) is 2.06. The summed E-state index contributed by atoms with van der Waals surface area (Å²) < 4.78 is 0. The van der Waals surface area contributed by atoms with E-state index >= 15 is 0 Å². The SMILES string of the molecule is CC(C)N(CC(O)CO)c1ccc(CN)cc1. The Hall–Kier alpha value is -1.10. The van der Waals surface area contributed by atoms with Gasteiger partial charge in [-0.05, 0) is 31.5 Å². The summed E-state index contributed by atoms with van der Waals surface area (Å²) in [5.74, 6) is 0. The van der Waals surface area contributed by atoms with Gasteiger partial charge in [-0.15, -0.1) is 0 Å². The lowest BCUT2D eigenvalue weighted by atomic mass is 10.1. The Balaban J connectivity index is 2.81. The smallest absolute Gasteiger partial charge is 0.0945 e. The van der Waals surface area contributed by atoms with Crippen molar-refractivity contribution < 1.29 is 10.2 Å². The molecule has 0 aromatic heterocycles. The maximum Gasteiger partial charge on any atom is 0.0945 e. The van der Waals surface area contributed by atoms with Gasteiger partial charge in [0, 0.05) is 24.8 Å². The summed E-state index contributed by atoms with van der Waals surface area (Å²) >= 11 is 0. The second-order valence-corrected chi connectivity index (χ2v) is 4.45. The van der Waals surface area contributed by atoms with Crippen LogP contribution in [0.3, 0.4) is 0 Å². The van der Waals surface area contributed by atoms with Crippen LogP contribution in [0.4, 0.5) is 5.69 Å². The highest BCUT2D eigenvalue weighted by Gasteiger charge is 2.14. The predicted molar refractivity (Wildman–Crippen MR) is 69.9 cm³/mol. The van der Waals surface area contributed by atoms with Crippen molar-refractivity contribution in [2.45, 2.75) is 32.5 Å². The van der Waals surface area contributed by atoms with Crippen LogP contribution >= 0.6 is 0 Å². The second kappa shape index (κ2) is 6.59. The molecule has 0 saturated heterocycles. The lowest BCUT2D eigenvalue weighted by Crippen LogP contribution is -2.39. The molecule has 17 heavy (non-hydrogen) atoms. The Labute approximate surface area is 103 Å². The van der Waals surface area contributed by atoms with Crippen molar-refractivity contribution in [1.82, 2.24) is 0 Å². The molecule has 4 N–H and O–H groups in total. The summed E-state index contributed by atoms with van der Waals surface area (Å²) in [6, 6.07) is 8.21. The van der Waals surface area contributed by atoms with E-state index in [0.717, 1.165) is 11.3 Å². The van der Waals surface area contributed by atoms with Gasteiger partial charge in [0.2, 0.25) is 0 Å². The lowest BCUT2D eigenvalue weighted by molar-refractivity contribution is 0.0988. The highest BCUT2D eigenvalue weighted by molar-refractivity contribution is 5.48.